The number of rotatable bonds is 14. The lowest BCUT2D eigenvalue weighted by Crippen LogP contribution is -2.08. The van der Waals surface area contributed by atoms with Crippen molar-refractivity contribution in [1.29, 1.82) is 0 Å². The van der Waals surface area contributed by atoms with Crippen molar-refractivity contribution < 1.29 is 28.5 Å². The van der Waals surface area contributed by atoms with E-state index in [-0.39, 0.29) is 0 Å². The van der Waals surface area contributed by atoms with Crippen LogP contribution in [0, 0.1) is 0 Å². The highest BCUT2D eigenvalue weighted by Crippen LogP contribution is 2.35. The van der Waals surface area contributed by atoms with Gasteiger partial charge in [0, 0.05) is 12.2 Å². The van der Waals surface area contributed by atoms with Crippen molar-refractivity contribution in [3.63, 3.8) is 0 Å². The molecule has 0 aliphatic rings. The van der Waals surface area contributed by atoms with E-state index in [9.17, 15) is 9.59 Å². The smallest absolute Gasteiger partial charge is 0.330 e. The Labute approximate surface area is 165 Å². The van der Waals surface area contributed by atoms with Crippen molar-refractivity contribution in [3.8, 4) is 11.5 Å². The van der Waals surface area contributed by atoms with Crippen molar-refractivity contribution in [1.82, 2.24) is 0 Å². The highest BCUT2D eigenvalue weighted by molar-refractivity contribution is 5.81. The van der Waals surface area contributed by atoms with Crippen molar-refractivity contribution in [2.45, 2.75) is 25.7 Å². The van der Waals surface area contributed by atoms with Gasteiger partial charge in [0.25, 0.3) is 0 Å². The number of hydrogen-bond donors (Lipinski definition) is 2. The van der Waals surface area contributed by atoms with Crippen LogP contribution in [0.2, 0.25) is 0 Å². The molecule has 4 N–H and O–H groups in total. The zero-order chi connectivity index (χ0) is 20.8. The molecule has 0 amide bonds. The summed E-state index contributed by atoms with van der Waals surface area (Å²) in [6, 6.07) is 3.40. The van der Waals surface area contributed by atoms with E-state index < -0.39 is 11.9 Å². The maximum Gasteiger partial charge on any atom is 0.330 e. The van der Waals surface area contributed by atoms with Crippen LogP contribution in [0.1, 0.15) is 25.7 Å². The Morgan fingerprint density at radius 1 is 0.750 bits per heavy atom. The van der Waals surface area contributed by atoms with E-state index in [2.05, 4.69) is 13.2 Å². The molecule has 154 valence electrons. The molecular weight excluding hydrogens is 364 g/mol. The summed E-state index contributed by atoms with van der Waals surface area (Å²) < 4.78 is 21.0. The van der Waals surface area contributed by atoms with Gasteiger partial charge in [-0.15, -0.1) is 0 Å². The summed E-state index contributed by atoms with van der Waals surface area (Å²) in [5.41, 5.74) is 12.6. The van der Waals surface area contributed by atoms with Crippen LogP contribution in [0.3, 0.4) is 0 Å². The molecule has 0 fully saturated rings. The summed E-state index contributed by atoms with van der Waals surface area (Å²) in [7, 11) is 0. The quantitative estimate of drug-likeness (QED) is 0.214. The molecule has 8 heteroatoms. The van der Waals surface area contributed by atoms with Gasteiger partial charge in [0.15, 0.2) is 0 Å². The number of hydrogen-bond acceptors (Lipinski definition) is 8. The number of benzene rings is 1. The predicted octanol–water partition coefficient (Wildman–Crippen LogP) is 2.63. The first-order valence-corrected chi connectivity index (χ1v) is 9.01. The molecule has 1 aromatic rings. The van der Waals surface area contributed by atoms with Crippen molar-refractivity contribution in [2.24, 2.45) is 0 Å². The first-order valence-electron chi connectivity index (χ1n) is 9.01. The Morgan fingerprint density at radius 2 is 1.11 bits per heavy atom. The molecule has 0 aliphatic heterocycles. The molecule has 0 saturated carbocycles. The molecule has 0 saturated heterocycles. The SMILES string of the molecule is C=CC(=O)OCCCCOc1ccc(OCCCCOC(=O)C=C)c(N)c1N. The second-order valence-electron chi connectivity index (χ2n) is 5.74. The van der Waals surface area contributed by atoms with Crippen LogP contribution in [0.5, 0.6) is 11.5 Å². The lowest BCUT2D eigenvalue weighted by Gasteiger charge is -2.14. The Bertz CT molecular complexity index is 618. The van der Waals surface area contributed by atoms with E-state index in [1.54, 1.807) is 12.1 Å². The topological polar surface area (TPSA) is 123 Å². The highest BCUT2D eigenvalue weighted by Gasteiger charge is 2.10. The van der Waals surface area contributed by atoms with Gasteiger partial charge < -0.3 is 30.4 Å². The monoisotopic (exact) mass is 392 g/mol. The van der Waals surface area contributed by atoms with E-state index in [4.69, 9.17) is 30.4 Å². The van der Waals surface area contributed by atoms with Gasteiger partial charge >= 0.3 is 11.9 Å². The minimum atomic E-state index is -0.439. The van der Waals surface area contributed by atoms with Crippen LogP contribution in [-0.4, -0.2) is 38.4 Å². The Kier molecular flexibility index (Phi) is 10.7. The van der Waals surface area contributed by atoms with Gasteiger partial charge in [-0.1, -0.05) is 13.2 Å². The largest absolute Gasteiger partial charge is 0.491 e. The summed E-state index contributed by atoms with van der Waals surface area (Å²) >= 11 is 0. The molecule has 0 atom stereocenters. The first kappa shape index (κ1) is 22.9. The number of carbonyl (C=O) groups is 2. The molecule has 0 radical (unpaired) electrons. The minimum absolute atomic E-state index is 0.311. The Balaban J connectivity index is 2.31. The fraction of sp³-hybridized carbons (Fsp3) is 0.400. The van der Waals surface area contributed by atoms with Gasteiger partial charge in [-0.3, -0.25) is 0 Å². The maximum absolute atomic E-state index is 10.9. The molecule has 0 bridgehead atoms. The van der Waals surface area contributed by atoms with Gasteiger partial charge in [-0.2, -0.15) is 0 Å². The van der Waals surface area contributed by atoms with Gasteiger partial charge in [-0.05, 0) is 37.8 Å². The average molecular weight is 392 g/mol. The lowest BCUT2D eigenvalue weighted by molar-refractivity contribution is -0.138. The fourth-order valence-electron chi connectivity index (χ4n) is 2.08. The van der Waals surface area contributed by atoms with E-state index in [0.29, 0.717) is 75.0 Å². The second-order valence-corrected chi connectivity index (χ2v) is 5.74. The van der Waals surface area contributed by atoms with Crippen molar-refractivity contribution >= 4 is 23.3 Å². The molecule has 0 aliphatic carbocycles. The number of nitrogen functional groups attached to an aromatic ring is 2. The third-order valence-corrected chi connectivity index (χ3v) is 3.62. The fourth-order valence-corrected chi connectivity index (χ4v) is 2.08. The summed E-state index contributed by atoms with van der Waals surface area (Å²) in [6.07, 6.45) is 4.97. The Morgan fingerprint density at radius 3 is 1.46 bits per heavy atom. The number of carbonyl (C=O) groups excluding carboxylic acids is 2. The van der Waals surface area contributed by atoms with Crippen LogP contribution < -0.4 is 20.9 Å². The van der Waals surface area contributed by atoms with Gasteiger partial charge in [-0.25, -0.2) is 9.59 Å². The molecule has 0 unspecified atom stereocenters. The molecule has 28 heavy (non-hydrogen) atoms. The summed E-state index contributed by atoms with van der Waals surface area (Å²) in [4.78, 5) is 21.8. The van der Waals surface area contributed by atoms with E-state index in [0.717, 1.165) is 12.2 Å². The zero-order valence-electron chi connectivity index (χ0n) is 16.0. The number of esters is 2. The first-order chi connectivity index (χ1) is 13.5. The molecule has 1 rings (SSSR count). The predicted molar refractivity (Wildman–Crippen MR) is 107 cm³/mol. The van der Waals surface area contributed by atoms with Gasteiger partial charge in [0.05, 0.1) is 26.4 Å². The second kappa shape index (κ2) is 13.1. The number of nitrogens with two attached hydrogens (primary N) is 2. The van der Waals surface area contributed by atoms with Crippen LogP contribution in [-0.2, 0) is 19.1 Å². The Hall–Kier alpha value is -3.16. The third-order valence-electron chi connectivity index (χ3n) is 3.62. The van der Waals surface area contributed by atoms with Gasteiger partial charge in [0.1, 0.15) is 22.9 Å². The molecule has 0 aromatic heterocycles. The standard InChI is InChI=1S/C20H28N2O6/c1-3-17(23)27-13-7-5-11-25-15-9-10-16(20(22)19(15)21)26-12-6-8-14-28-18(24)4-2/h3-4,9-10H,1-2,5-8,11-14,21-22H2. The normalized spacial score (nSPS) is 10.0. The summed E-state index contributed by atoms with van der Waals surface area (Å²) in [5.74, 6) is 0.0751. The van der Waals surface area contributed by atoms with E-state index in [1.807, 2.05) is 0 Å². The third kappa shape index (κ3) is 8.48. The van der Waals surface area contributed by atoms with Crippen LogP contribution in [0.15, 0.2) is 37.4 Å². The minimum Gasteiger partial charge on any atom is -0.491 e. The number of anilines is 2. The molecule has 0 heterocycles. The molecule has 1 aromatic carbocycles. The maximum atomic E-state index is 10.9. The summed E-state index contributed by atoms with van der Waals surface area (Å²) in [6.45, 7) is 8.10. The van der Waals surface area contributed by atoms with Crippen molar-refractivity contribution in [2.75, 3.05) is 37.9 Å². The highest BCUT2D eigenvalue weighted by atomic mass is 16.5. The average Bonchev–Trinajstić information content (AvgIpc) is 2.70. The van der Waals surface area contributed by atoms with Crippen molar-refractivity contribution in [3.05, 3.63) is 37.4 Å². The van der Waals surface area contributed by atoms with Crippen LogP contribution in [0.25, 0.3) is 0 Å². The van der Waals surface area contributed by atoms with Gasteiger partial charge in [0.2, 0.25) is 0 Å². The zero-order valence-corrected chi connectivity index (χ0v) is 16.0. The summed E-state index contributed by atoms with van der Waals surface area (Å²) in [5, 5.41) is 0. The lowest BCUT2D eigenvalue weighted by atomic mass is 10.2. The van der Waals surface area contributed by atoms with Crippen LogP contribution >= 0.6 is 0 Å². The molecule has 8 nitrogen and oxygen atoms in total. The number of unbranched alkanes of at least 4 members (excludes halogenated alkanes) is 2. The molecule has 0 spiro atoms. The molecular formula is C20H28N2O6. The van der Waals surface area contributed by atoms with Crippen LogP contribution in [0.4, 0.5) is 11.4 Å². The van der Waals surface area contributed by atoms with E-state index >= 15 is 0 Å². The van der Waals surface area contributed by atoms with E-state index in [1.165, 1.54) is 0 Å². The number of ether oxygens (including phenoxy) is 4.